The number of fused-ring (bicyclic) bond motifs is 7. The van der Waals surface area contributed by atoms with Gasteiger partial charge in [-0.05, 0) is 116 Å². The fourth-order valence-electron chi connectivity index (χ4n) is 12.2. The van der Waals surface area contributed by atoms with Crippen LogP contribution in [0.3, 0.4) is 0 Å². The molecule has 0 amide bonds. The van der Waals surface area contributed by atoms with Gasteiger partial charge in [-0.25, -0.2) is 0 Å². The number of esters is 3. The SMILES string of the molecule is COC(=O)[C@@]1(C)CC[C@]2(C)CC[C@]3(C)C(=CC(=O)C4[C@@]5(C)CC[C@H](OC(=O)[C@@H](N)CCC(=O)OCc6ccccc6)C(C)(C)C5CC[C@]43C)[C@@H]2C1. The van der Waals surface area contributed by atoms with Gasteiger partial charge in [0, 0.05) is 17.8 Å². The zero-order valence-corrected chi connectivity index (χ0v) is 32.3. The summed E-state index contributed by atoms with van der Waals surface area (Å²) in [5.74, 6) is -0.586. The molecule has 0 aliphatic heterocycles. The predicted octanol–water partition coefficient (Wildman–Crippen LogP) is 7.90. The van der Waals surface area contributed by atoms with E-state index in [2.05, 4.69) is 41.5 Å². The first-order valence-corrected chi connectivity index (χ1v) is 19.3. The van der Waals surface area contributed by atoms with Gasteiger partial charge in [-0.2, -0.15) is 0 Å². The number of nitrogens with two attached hydrogens (primary N) is 1. The quantitative estimate of drug-likeness (QED) is 0.214. The van der Waals surface area contributed by atoms with Crippen molar-refractivity contribution in [2.75, 3.05) is 7.11 Å². The fraction of sp³-hybridized carbons (Fsp3) is 0.721. The van der Waals surface area contributed by atoms with Gasteiger partial charge in [-0.3, -0.25) is 19.2 Å². The summed E-state index contributed by atoms with van der Waals surface area (Å²) in [6, 6.07) is 8.55. The predicted molar refractivity (Wildman–Crippen MR) is 195 cm³/mol. The van der Waals surface area contributed by atoms with E-state index in [0.717, 1.165) is 56.9 Å². The average molecular weight is 704 g/mol. The molecule has 8 nitrogen and oxygen atoms in total. The van der Waals surface area contributed by atoms with E-state index in [1.54, 1.807) is 0 Å². The Morgan fingerprint density at radius 1 is 0.902 bits per heavy atom. The third kappa shape index (κ3) is 6.09. The zero-order valence-electron chi connectivity index (χ0n) is 32.3. The molecule has 8 heteroatoms. The summed E-state index contributed by atoms with van der Waals surface area (Å²) in [7, 11) is 1.49. The molecule has 0 bridgehead atoms. The molecule has 10 atom stereocenters. The topological polar surface area (TPSA) is 122 Å². The van der Waals surface area contributed by atoms with Gasteiger partial charge in [0.2, 0.25) is 0 Å². The number of methoxy groups -OCH3 is 1. The van der Waals surface area contributed by atoms with Crippen molar-refractivity contribution in [3.05, 3.63) is 47.5 Å². The number of allylic oxidation sites excluding steroid dienone is 2. The van der Waals surface area contributed by atoms with Crippen LogP contribution < -0.4 is 5.73 Å². The van der Waals surface area contributed by atoms with E-state index in [9.17, 15) is 19.2 Å². The molecule has 0 spiro atoms. The number of ketones is 1. The van der Waals surface area contributed by atoms with E-state index in [4.69, 9.17) is 19.9 Å². The summed E-state index contributed by atoms with van der Waals surface area (Å²) in [5.41, 5.74) is 6.96. The number of hydrogen-bond donors (Lipinski definition) is 1. The third-order valence-corrected chi connectivity index (χ3v) is 15.7. The maximum atomic E-state index is 14.7. The number of hydrogen-bond acceptors (Lipinski definition) is 8. The van der Waals surface area contributed by atoms with Crippen LogP contribution >= 0.6 is 0 Å². The molecule has 1 aromatic rings. The summed E-state index contributed by atoms with van der Waals surface area (Å²) in [4.78, 5) is 53.4. The van der Waals surface area contributed by atoms with Crippen molar-refractivity contribution in [2.24, 2.45) is 56.0 Å². The fourth-order valence-corrected chi connectivity index (χ4v) is 12.2. The Bertz CT molecular complexity index is 1590. The van der Waals surface area contributed by atoms with Crippen LogP contribution in [0.15, 0.2) is 42.0 Å². The Hall–Kier alpha value is -3.00. The number of ether oxygens (including phenoxy) is 3. The smallest absolute Gasteiger partial charge is 0.323 e. The highest BCUT2D eigenvalue weighted by atomic mass is 16.5. The highest BCUT2D eigenvalue weighted by molar-refractivity contribution is 5.95. The molecule has 51 heavy (non-hydrogen) atoms. The minimum atomic E-state index is -0.922. The molecule has 2 unspecified atom stereocenters. The van der Waals surface area contributed by atoms with E-state index in [1.807, 2.05) is 43.3 Å². The van der Waals surface area contributed by atoms with Gasteiger partial charge in [0.15, 0.2) is 5.78 Å². The Morgan fingerprint density at radius 3 is 2.27 bits per heavy atom. The number of carbonyl (C=O) groups is 4. The van der Waals surface area contributed by atoms with Gasteiger partial charge in [0.25, 0.3) is 0 Å². The summed E-state index contributed by atoms with van der Waals surface area (Å²) >= 11 is 0. The second kappa shape index (κ2) is 13.1. The van der Waals surface area contributed by atoms with Crippen molar-refractivity contribution in [2.45, 2.75) is 138 Å². The molecule has 0 aromatic heterocycles. The van der Waals surface area contributed by atoms with E-state index < -0.39 is 23.4 Å². The first-order valence-electron chi connectivity index (χ1n) is 19.3. The maximum absolute atomic E-state index is 14.7. The molecule has 4 fully saturated rings. The van der Waals surface area contributed by atoms with Gasteiger partial charge in [0.1, 0.15) is 18.8 Å². The van der Waals surface area contributed by atoms with Crippen molar-refractivity contribution < 1.29 is 33.4 Å². The highest BCUT2D eigenvalue weighted by Crippen LogP contribution is 2.75. The Kier molecular flexibility index (Phi) is 9.73. The molecule has 2 N–H and O–H groups in total. The van der Waals surface area contributed by atoms with Crippen LogP contribution in [-0.2, 0) is 40.0 Å². The Balaban J connectivity index is 1.17. The van der Waals surface area contributed by atoms with Crippen LogP contribution in [0.4, 0.5) is 0 Å². The largest absolute Gasteiger partial charge is 0.469 e. The first kappa shape index (κ1) is 37.7. The van der Waals surface area contributed by atoms with Gasteiger partial charge >= 0.3 is 17.9 Å². The third-order valence-electron chi connectivity index (χ3n) is 15.7. The van der Waals surface area contributed by atoms with E-state index in [0.29, 0.717) is 6.42 Å². The summed E-state index contributed by atoms with van der Waals surface area (Å²) in [5, 5.41) is 0. The molecule has 1 aromatic carbocycles. The molecule has 5 aliphatic rings. The lowest BCUT2D eigenvalue weighted by Crippen LogP contribution is -2.67. The zero-order chi connectivity index (χ0) is 37.2. The normalized spacial score (nSPS) is 40.3. The lowest BCUT2D eigenvalue weighted by Gasteiger charge is -2.70. The number of carbonyl (C=O) groups excluding carboxylic acids is 4. The summed E-state index contributed by atoms with van der Waals surface area (Å²) in [6.45, 7) is 16.1. The molecule has 5 aliphatic carbocycles. The highest BCUT2D eigenvalue weighted by Gasteiger charge is 2.70. The lowest BCUT2D eigenvalue weighted by atomic mass is 9.33. The Morgan fingerprint density at radius 2 is 1.59 bits per heavy atom. The second-order valence-corrected chi connectivity index (χ2v) is 18.8. The van der Waals surface area contributed by atoms with Gasteiger partial charge in [-0.15, -0.1) is 0 Å². The standard InChI is InChI=1S/C43H61NO7/c1-38(2)32-16-19-43(7)35(31(45)24-28-29-25-40(4,37(48)49-8)21-20-39(29,3)22-23-42(28,43)6)41(32,5)18-17-33(38)51-36(47)30(44)14-15-34(46)50-26-27-12-10-9-11-13-27/h9-13,24,29-30,32-33,35H,14-23,25-26,44H2,1-8H3/t29-,30-,32?,33-,35?,39+,40-,41-,42+,43+/m0/s1. The molecule has 0 saturated heterocycles. The van der Waals surface area contributed by atoms with Crippen molar-refractivity contribution in [3.63, 3.8) is 0 Å². The minimum Gasteiger partial charge on any atom is -0.469 e. The molecule has 280 valence electrons. The van der Waals surface area contributed by atoms with E-state index >= 15 is 0 Å². The molecular formula is C43H61NO7. The van der Waals surface area contributed by atoms with Gasteiger partial charge in [-0.1, -0.05) is 77.4 Å². The van der Waals surface area contributed by atoms with E-state index in [1.165, 1.54) is 12.7 Å². The van der Waals surface area contributed by atoms with Gasteiger partial charge < -0.3 is 19.9 Å². The van der Waals surface area contributed by atoms with Crippen molar-refractivity contribution >= 4 is 23.7 Å². The van der Waals surface area contributed by atoms with Crippen molar-refractivity contribution in [3.8, 4) is 0 Å². The van der Waals surface area contributed by atoms with Crippen LogP contribution in [0.2, 0.25) is 0 Å². The first-order chi connectivity index (χ1) is 23.8. The van der Waals surface area contributed by atoms with Crippen LogP contribution in [0.1, 0.15) is 125 Å². The van der Waals surface area contributed by atoms with E-state index in [-0.39, 0.29) is 82.1 Å². The van der Waals surface area contributed by atoms with Crippen LogP contribution in [0.25, 0.3) is 0 Å². The molecule has 6 rings (SSSR count). The average Bonchev–Trinajstić information content (AvgIpc) is 3.09. The second-order valence-electron chi connectivity index (χ2n) is 18.8. The molecule has 0 radical (unpaired) electrons. The molecule has 0 heterocycles. The van der Waals surface area contributed by atoms with Crippen molar-refractivity contribution in [1.29, 1.82) is 0 Å². The lowest BCUT2D eigenvalue weighted by molar-refractivity contribution is -0.211. The Labute approximate surface area is 305 Å². The minimum absolute atomic E-state index is 0.0381. The number of benzene rings is 1. The van der Waals surface area contributed by atoms with Gasteiger partial charge in [0.05, 0.1) is 12.5 Å². The van der Waals surface area contributed by atoms with Crippen molar-refractivity contribution in [1.82, 2.24) is 0 Å². The van der Waals surface area contributed by atoms with Crippen LogP contribution in [0.5, 0.6) is 0 Å². The molecule has 4 saturated carbocycles. The van der Waals surface area contributed by atoms with Crippen LogP contribution in [-0.4, -0.2) is 42.9 Å². The van der Waals surface area contributed by atoms with Crippen LogP contribution in [0, 0.1) is 50.2 Å². The maximum Gasteiger partial charge on any atom is 0.323 e. The number of rotatable bonds is 8. The summed E-state index contributed by atoms with van der Waals surface area (Å²) < 4.78 is 16.8. The summed E-state index contributed by atoms with van der Waals surface area (Å²) in [6.07, 6.45) is 9.84. The monoisotopic (exact) mass is 703 g/mol. The molecular weight excluding hydrogens is 642 g/mol.